The van der Waals surface area contributed by atoms with Gasteiger partial charge in [-0.15, -0.1) is 11.8 Å². The van der Waals surface area contributed by atoms with Crippen molar-refractivity contribution in [2.24, 2.45) is 5.73 Å². The fraction of sp³-hybridized carbons (Fsp3) is 0.800. The normalized spacial score (nSPS) is 25.9. The molecule has 1 amide bonds. The molecule has 0 radical (unpaired) electrons. The minimum atomic E-state index is -0.980. The van der Waals surface area contributed by atoms with Gasteiger partial charge in [0.25, 0.3) is 0 Å². The van der Waals surface area contributed by atoms with Crippen LogP contribution in [-0.4, -0.2) is 58.8 Å². The molecule has 1 heterocycles. The van der Waals surface area contributed by atoms with Gasteiger partial charge < -0.3 is 20.5 Å². The van der Waals surface area contributed by atoms with Crippen LogP contribution in [0.15, 0.2) is 0 Å². The average molecular weight is 262 g/mol. The molecule has 0 aromatic rings. The van der Waals surface area contributed by atoms with E-state index in [1.807, 2.05) is 6.92 Å². The van der Waals surface area contributed by atoms with Crippen LogP contribution < -0.4 is 5.73 Å². The lowest BCUT2D eigenvalue weighted by Gasteiger charge is -2.28. The highest BCUT2D eigenvalue weighted by molar-refractivity contribution is 8.00. The molecule has 0 aromatic heterocycles. The van der Waals surface area contributed by atoms with Gasteiger partial charge in [0.2, 0.25) is 5.91 Å². The van der Waals surface area contributed by atoms with E-state index in [1.54, 1.807) is 0 Å². The van der Waals surface area contributed by atoms with E-state index >= 15 is 0 Å². The molecule has 1 saturated heterocycles. The molecule has 17 heavy (non-hydrogen) atoms. The Morgan fingerprint density at radius 1 is 1.65 bits per heavy atom. The number of rotatable bonds is 5. The number of aliphatic carboxylic acids is 1. The van der Waals surface area contributed by atoms with Gasteiger partial charge in [-0.2, -0.15) is 0 Å². The number of hydrogen-bond acceptors (Lipinski definition) is 5. The van der Waals surface area contributed by atoms with Crippen LogP contribution in [0.2, 0.25) is 0 Å². The van der Waals surface area contributed by atoms with Gasteiger partial charge in [0, 0.05) is 12.9 Å². The summed E-state index contributed by atoms with van der Waals surface area (Å²) in [5.74, 6) is -0.915. The third-order valence-electron chi connectivity index (χ3n) is 2.64. The molecule has 0 saturated carbocycles. The van der Waals surface area contributed by atoms with Gasteiger partial charge in [-0.1, -0.05) is 6.92 Å². The summed E-state index contributed by atoms with van der Waals surface area (Å²) in [7, 11) is 1.46. The molecule has 1 fully saturated rings. The first-order chi connectivity index (χ1) is 8.02. The van der Waals surface area contributed by atoms with Crippen molar-refractivity contribution in [2.75, 3.05) is 19.5 Å². The minimum absolute atomic E-state index is 0.1000. The summed E-state index contributed by atoms with van der Waals surface area (Å²) >= 11 is 1.48. The molecule has 6 nitrogen and oxygen atoms in total. The molecule has 1 rings (SSSR count). The van der Waals surface area contributed by atoms with Crippen LogP contribution in [0, 0.1) is 0 Å². The number of carboxylic acid groups (broad SMARTS) is 1. The van der Waals surface area contributed by atoms with Crippen LogP contribution in [-0.2, 0) is 14.3 Å². The maximum Gasteiger partial charge on any atom is 0.327 e. The fourth-order valence-corrected chi connectivity index (χ4v) is 3.16. The standard InChI is InChI=1S/C10H18N2O4S/c1-3-8-12(7(5-17-8)10(14)15)9(13)6(11)4-16-2/h6-8H,3-5,11H2,1-2H3,(H,14,15). The second-order valence-corrected chi connectivity index (χ2v) is 5.07. The number of carbonyl (C=O) groups is 2. The van der Waals surface area contributed by atoms with Crippen molar-refractivity contribution in [3.8, 4) is 0 Å². The van der Waals surface area contributed by atoms with E-state index in [-0.39, 0.29) is 17.9 Å². The van der Waals surface area contributed by atoms with E-state index in [0.29, 0.717) is 12.2 Å². The fourth-order valence-electron chi connectivity index (χ4n) is 1.81. The molecule has 7 heteroatoms. The van der Waals surface area contributed by atoms with Gasteiger partial charge in [0.15, 0.2) is 0 Å². The third-order valence-corrected chi connectivity index (χ3v) is 4.10. The summed E-state index contributed by atoms with van der Waals surface area (Å²) in [5, 5.41) is 8.97. The Labute approximate surface area is 104 Å². The predicted molar refractivity (Wildman–Crippen MR) is 64.7 cm³/mol. The minimum Gasteiger partial charge on any atom is -0.480 e. The highest BCUT2D eigenvalue weighted by Crippen LogP contribution is 2.31. The molecule has 1 aliphatic rings. The lowest BCUT2D eigenvalue weighted by Crippen LogP contribution is -2.53. The maximum absolute atomic E-state index is 12.1. The maximum atomic E-state index is 12.1. The van der Waals surface area contributed by atoms with Crippen molar-refractivity contribution < 1.29 is 19.4 Å². The molecule has 3 N–H and O–H groups in total. The summed E-state index contributed by atoms with van der Waals surface area (Å²) in [6, 6.07) is -1.57. The SMILES string of the molecule is CCC1SCC(C(=O)O)N1C(=O)C(N)COC. The molecule has 0 aromatic carbocycles. The zero-order valence-corrected chi connectivity index (χ0v) is 10.8. The molecule has 0 aliphatic carbocycles. The van der Waals surface area contributed by atoms with E-state index in [2.05, 4.69) is 0 Å². The van der Waals surface area contributed by atoms with E-state index in [0.717, 1.165) is 0 Å². The van der Waals surface area contributed by atoms with Gasteiger partial charge in [0.05, 0.1) is 12.0 Å². The number of methoxy groups -OCH3 is 1. The molecule has 0 spiro atoms. The first-order valence-corrected chi connectivity index (χ1v) is 6.48. The van der Waals surface area contributed by atoms with Crippen molar-refractivity contribution in [3.05, 3.63) is 0 Å². The summed E-state index contributed by atoms with van der Waals surface area (Å²) in [4.78, 5) is 24.5. The third kappa shape index (κ3) is 3.11. The summed E-state index contributed by atoms with van der Waals surface area (Å²) in [5.41, 5.74) is 5.67. The van der Waals surface area contributed by atoms with Gasteiger partial charge >= 0.3 is 5.97 Å². The Morgan fingerprint density at radius 3 is 2.76 bits per heavy atom. The van der Waals surface area contributed by atoms with Crippen molar-refractivity contribution in [1.82, 2.24) is 4.90 Å². The zero-order chi connectivity index (χ0) is 13.0. The van der Waals surface area contributed by atoms with Crippen LogP contribution in [0.5, 0.6) is 0 Å². The largest absolute Gasteiger partial charge is 0.480 e. The van der Waals surface area contributed by atoms with Crippen LogP contribution in [0.4, 0.5) is 0 Å². The van der Waals surface area contributed by atoms with E-state index in [9.17, 15) is 9.59 Å². The number of carboxylic acids is 1. The monoisotopic (exact) mass is 262 g/mol. The highest BCUT2D eigenvalue weighted by Gasteiger charge is 2.42. The predicted octanol–water partition coefficient (Wildman–Crippen LogP) is -0.275. The summed E-state index contributed by atoms with van der Waals surface area (Å²) in [6.45, 7) is 2.02. The number of hydrogen-bond donors (Lipinski definition) is 2. The topological polar surface area (TPSA) is 92.9 Å². The van der Waals surface area contributed by atoms with E-state index in [4.69, 9.17) is 15.6 Å². The Bertz CT molecular complexity index is 300. The average Bonchev–Trinajstić information content (AvgIpc) is 2.71. The second-order valence-electron chi connectivity index (χ2n) is 3.86. The second kappa shape index (κ2) is 6.23. The number of thioether (sulfide) groups is 1. The lowest BCUT2D eigenvalue weighted by molar-refractivity contribution is -0.150. The molecule has 98 valence electrons. The van der Waals surface area contributed by atoms with Gasteiger partial charge in [0.1, 0.15) is 12.1 Å². The number of amides is 1. The molecule has 3 atom stereocenters. The van der Waals surface area contributed by atoms with Crippen LogP contribution in [0.1, 0.15) is 13.3 Å². The van der Waals surface area contributed by atoms with Crippen LogP contribution in [0.3, 0.4) is 0 Å². The quantitative estimate of drug-likeness (QED) is 0.708. The number of nitrogens with two attached hydrogens (primary N) is 1. The van der Waals surface area contributed by atoms with Gasteiger partial charge in [-0.3, -0.25) is 4.79 Å². The Hall–Kier alpha value is -0.790. The smallest absolute Gasteiger partial charge is 0.327 e. The van der Waals surface area contributed by atoms with E-state index in [1.165, 1.54) is 23.8 Å². The van der Waals surface area contributed by atoms with Gasteiger partial charge in [-0.05, 0) is 6.42 Å². The highest BCUT2D eigenvalue weighted by atomic mass is 32.2. The number of nitrogens with zero attached hydrogens (tertiary/aromatic N) is 1. The number of ether oxygens (including phenoxy) is 1. The van der Waals surface area contributed by atoms with Crippen molar-refractivity contribution in [2.45, 2.75) is 30.8 Å². The van der Waals surface area contributed by atoms with Crippen LogP contribution >= 0.6 is 11.8 Å². The lowest BCUT2D eigenvalue weighted by atomic mass is 10.2. The molecular weight excluding hydrogens is 244 g/mol. The first-order valence-electron chi connectivity index (χ1n) is 5.44. The molecule has 3 unspecified atom stereocenters. The Balaban J connectivity index is 2.81. The first kappa shape index (κ1) is 14.3. The number of carbonyl (C=O) groups excluding carboxylic acids is 1. The van der Waals surface area contributed by atoms with Crippen molar-refractivity contribution in [3.63, 3.8) is 0 Å². The van der Waals surface area contributed by atoms with Crippen molar-refractivity contribution in [1.29, 1.82) is 0 Å². The Morgan fingerprint density at radius 2 is 2.29 bits per heavy atom. The van der Waals surface area contributed by atoms with Crippen LogP contribution in [0.25, 0.3) is 0 Å². The zero-order valence-electron chi connectivity index (χ0n) is 9.96. The molecule has 0 bridgehead atoms. The molecule has 1 aliphatic heterocycles. The summed E-state index contributed by atoms with van der Waals surface area (Å²) < 4.78 is 4.82. The van der Waals surface area contributed by atoms with E-state index < -0.39 is 18.1 Å². The van der Waals surface area contributed by atoms with Gasteiger partial charge in [-0.25, -0.2) is 4.79 Å². The summed E-state index contributed by atoms with van der Waals surface area (Å²) in [6.07, 6.45) is 0.708. The molecular formula is C10H18N2O4S. The van der Waals surface area contributed by atoms with Crippen molar-refractivity contribution >= 4 is 23.6 Å². The Kier molecular flexibility index (Phi) is 5.23.